The molecule has 0 atom stereocenters. The number of nitrogens with one attached hydrogen (secondary N) is 1. The van der Waals surface area contributed by atoms with Crippen molar-refractivity contribution in [3.05, 3.63) is 82.8 Å². The van der Waals surface area contributed by atoms with Gasteiger partial charge in [-0.05, 0) is 36.4 Å². The minimum absolute atomic E-state index is 0.135. The Kier molecular flexibility index (Phi) is 5.24. The first-order valence-corrected chi connectivity index (χ1v) is 8.07. The van der Waals surface area contributed by atoms with Crippen LogP contribution in [0.4, 0.5) is 5.69 Å². The highest BCUT2D eigenvalue weighted by molar-refractivity contribution is 6.34. The lowest BCUT2D eigenvalue weighted by Gasteiger charge is -2.08. The van der Waals surface area contributed by atoms with Crippen molar-refractivity contribution >= 4 is 29.1 Å². The topological polar surface area (TPSA) is 94.6 Å². The molecule has 0 saturated heterocycles. The van der Waals surface area contributed by atoms with E-state index in [4.69, 9.17) is 26.5 Å². The van der Waals surface area contributed by atoms with Crippen molar-refractivity contribution in [2.75, 3.05) is 5.32 Å². The number of halogens is 1. The van der Waals surface area contributed by atoms with Crippen molar-refractivity contribution in [2.24, 2.45) is 5.73 Å². The monoisotopic (exact) mass is 370 g/mol. The number of benzene rings is 2. The maximum Gasteiger partial charge on any atom is 0.291 e. The van der Waals surface area contributed by atoms with Gasteiger partial charge in [0.2, 0.25) is 5.91 Å². The molecule has 3 aromatic rings. The number of carbonyl (C=O) groups is 2. The molecule has 3 rings (SSSR count). The number of ether oxygens (including phenoxy) is 1. The van der Waals surface area contributed by atoms with E-state index in [1.54, 1.807) is 6.07 Å². The van der Waals surface area contributed by atoms with E-state index < -0.39 is 11.8 Å². The van der Waals surface area contributed by atoms with Gasteiger partial charge in [0.15, 0.2) is 5.76 Å². The van der Waals surface area contributed by atoms with Gasteiger partial charge in [0.05, 0.1) is 16.8 Å². The first-order valence-electron chi connectivity index (χ1n) is 7.69. The molecule has 0 bridgehead atoms. The average Bonchev–Trinajstić information content (AvgIpc) is 3.09. The Morgan fingerprint density at radius 1 is 1.12 bits per heavy atom. The Morgan fingerprint density at radius 2 is 1.88 bits per heavy atom. The predicted octanol–water partition coefficient (Wildman–Crippen LogP) is 3.86. The Balaban J connectivity index is 1.70. The Bertz CT molecular complexity index is 938. The SMILES string of the molecule is NC(=O)c1ccc(NC(=O)c2occc2COc2ccccc2)cc1Cl. The minimum atomic E-state index is -0.640. The summed E-state index contributed by atoms with van der Waals surface area (Å²) in [5, 5.41) is 2.82. The van der Waals surface area contributed by atoms with Crippen molar-refractivity contribution in [3.63, 3.8) is 0 Å². The maximum atomic E-state index is 12.4. The fourth-order valence-corrected chi connectivity index (χ4v) is 2.58. The molecule has 1 heterocycles. The van der Waals surface area contributed by atoms with E-state index in [9.17, 15) is 9.59 Å². The lowest BCUT2D eigenvalue weighted by atomic mass is 10.2. The Labute approximate surface area is 154 Å². The molecule has 1 aromatic heterocycles. The minimum Gasteiger partial charge on any atom is -0.489 e. The summed E-state index contributed by atoms with van der Waals surface area (Å²) in [6, 6.07) is 15.3. The van der Waals surface area contributed by atoms with Crippen LogP contribution >= 0.6 is 11.6 Å². The van der Waals surface area contributed by atoms with Gasteiger partial charge in [0, 0.05) is 11.3 Å². The van der Waals surface area contributed by atoms with Crippen LogP contribution in [0.3, 0.4) is 0 Å². The number of rotatable bonds is 6. The molecule has 0 fully saturated rings. The summed E-state index contributed by atoms with van der Waals surface area (Å²) in [4.78, 5) is 23.6. The van der Waals surface area contributed by atoms with Crippen LogP contribution in [-0.4, -0.2) is 11.8 Å². The molecule has 3 N–H and O–H groups in total. The van der Waals surface area contributed by atoms with Gasteiger partial charge >= 0.3 is 0 Å². The van der Waals surface area contributed by atoms with Crippen molar-refractivity contribution in [1.82, 2.24) is 0 Å². The number of nitrogens with two attached hydrogens (primary N) is 1. The van der Waals surface area contributed by atoms with E-state index >= 15 is 0 Å². The molecule has 132 valence electrons. The predicted molar refractivity (Wildman–Crippen MR) is 97.4 cm³/mol. The molecule has 7 heteroatoms. The zero-order chi connectivity index (χ0) is 18.5. The Hall–Kier alpha value is -3.25. The lowest BCUT2D eigenvalue weighted by Crippen LogP contribution is -2.15. The van der Waals surface area contributed by atoms with Crippen LogP contribution in [0.2, 0.25) is 5.02 Å². The van der Waals surface area contributed by atoms with E-state index in [0.29, 0.717) is 17.0 Å². The van der Waals surface area contributed by atoms with Gasteiger partial charge < -0.3 is 20.2 Å². The largest absolute Gasteiger partial charge is 0.489 e. The van der Waals surface area contributed by atoms with Gasteiger partial charge in [-0.1, -0.05) is 29.8 Å². The number of primary amides is 1. The molecule has 0 unspecified atom stereocenters. The van der Waals surface area contributed by atoms with Crippen LogP contribution in [0.1, 0.15) is 26.5 Å². The highest BCUT2D eigenvalue weighted by Gasteiger charge is 2.17. The molecule has 2 aromatic carbocycles. The summed E-state index contributed by atoms with van der Waals surface area (Å²) in [7, 11) is 0. The quantitative estimate of drug-likeness (QED) is 0.688. The van der Waals surface area contributed by atoms with Crippen LogP contribution in [0.25, 0.3) is 0 Å². The second-order valence-corrected chi connectivity index (χ2v) is 5.80. The van der Waals surface area contributed by atoms with Crippen molar-refractivity contribution < 1.29 is 18.7 Å². The summed E-state index contributed by atoms with van der Waals surface area (Å²) in [6.45, 7) is 0.185. The van der Waals surface area contributed by atoms with E-state index in [1.165, 1.54) is 24.5 Å². The van der Waals surface area contributed by atoms with E-state index in [1.807, 2.05) is 30.3 Å². The zero-order valence-electron chi connectivity index (χ0n) is 13.6. The highest BCUT2D eigenvalue weighted by atomic mass is 35.5. The highest BCUT2D eigenvalue weighted by Crippen LogP contribution is 2.22. The first-order chi connectivity index (χ1) is 12.5. The van der Waals surface area contributed by atoms with Crippen molar-refractivity contribution in [3.8, 4) is 5.75 Å². The number of para-hydroxylation sites is 1. The van der Waals surface area contributed by atoms with Gasteiger partial charge in [0.1, 0.15) is 12.4 Å². The van der Waals surface area contributed by atoms with Crippen molar-refractivity contribution in [1.29, 1.82) is 0 Å². The molecule has 0 aliphatic carbocycles. The smallest absolute Gasteiger partial charge is 0.291 e. The third-order valence-electron chi connectivity index (χ3n) is 3.58. The van der Waals surface area contributed by atoms with Gasteiger partial charge in [-0.15, -0.1) is 0 Å². The van der Waals surface area contributed by atoms with Gasteiger partial charge in [0.25, 0.3) is 5.91 Å². The van der Waals surface area contributed by atoms with Crippen LogP contribution in [0, 0.1) is 0 Å². The molecular formula is C19H15ClN2O4. The maximum absolute atomic E-state index is 12.4. The van der Waals surface area contributed by atoms with E-state index in [-0.39, 0.29) is 23.0 Å². The molecule has 26 heavy (non-hydrogen) atoms. The molecule has 0 spiro atoms. The summed E-state index contributed by atoms with van der Waals surface area (Å²) in [5.74, 6) is -0.270. The number of anilines is 1. The average molecular weight is 371 g/mol. The zero-order valence-corrected chi connectivity index (χ0v) is 14.3. The molecule has 0 saturated carbocycles. The summed E-state index contributed by atoms with van der Waals surface area (Å²) >= 11 is 5.99. The van der Waals surface area contributed by atoms with Crippen LogP contribution in [0.5, 0.6) is 5.75 Å². The normalized spacial score (nSPS) is 10.3. The van der Waals surface area contributed by atoms with Crippen molar-refractivity contribution in [2.45, 2.75) is 6.61 Å². The first kappa shape index (κ1) is 17.6. The third kappa shape index (κ3) is 4.04. The lowest BCUT2D eigenvalue weighted by molar-refractivity contribution is 0.0989. The fraction of sp³-hybridized carbons (Fsp3) is 0.0526. The second-order valence-electron chi connectivity index (χ2n) is 5.39. The van der Waals surface area contributed by atoms with Crippen LogP contribution in [-0.2, 0) is 6.61 Å². The van der Waals surface area contributed by atoms with E-state index in [0.717, 1.165) is 0 Å². The standard InChI is InChI=1S/C19H15ClN2O4/c20-16-10-13(6-7-15(16)18(21)23)22-19(24)17-12(8-9-25-17)11-26-14-4-2-1-3-5-14/h1-10H,11H2,(H2,21,23)(H,22,24). The second kappa shape index (κ2) is 7.76. The van der Waals surface area contributed by atoms with Crippen LogP contribution in [0.15, 0.2) is 65.3 Å². The van der Waals surface area contributed by atoms with Crippen LogP contribution < -0.4 is 15.8 Å². The van der Waals surface area contributed by atoms with Gasteiger partial charge in [-0.3, -0.25) is 9.59 Å². The number of furan rings is 1. The molecule has 0 aliphatic rings. The third-order valence-corrected chi connectivity index (χ3v) is 3.90. The summed E-state index contributed by atoms with van der Waals surface area (Å²) in [5.41, 5.74) is 6.40. The fourth-order valence-electron chi connectivity index (χ4n) is 2.31. The number of carbonyl (C=O) groups excluding carboxylic acids is 2. The Morgan fingerprint density at radius 3 is 2.58 bits per heavy atom. The van der Waals surface area contributed by atoms with Gasteiger partial charge in [-0.2, -0.15) is 0 Å². The van der Waals surface area contributed by atoms with E-state index in [2.05, 4.69) is 5.32 Å². The molecule has 0 aliphatic heterocycles. The molecule has 2 amide bonds. The van der Waals surface area contributed by atoms with Gasteiger partial charge in [-0.25, -0.2) is 0 Å². The number of hydrogen-bond donors (Lipinski definition) is 2. The summed E-state index contributed by atoms with van der Waals surface area (Å²) in [6.07, 6.45) is 1.42. The molecular weight excluding hydrogens is 356 g/mol. The molecule has 6 nitrogen and oxygen atoms in total. The molecule has 0 radical (unpaired) electrons. The number of amides is 2. The number of hydrogen-bond acceptors (Lipinski definition) is 4. The summed E-state index contributed by atoms with van der Waals surface area (Å²) < 4.78 is 10.9.